The van der Waals surface area contributed by atoms with Gasteiger partial charge in [0, 0.05) is 16.4 Å². The van der Waals surface area contributed by atoms with Crippen molar-refractivity contribution in [1.82, 2.24) is 9.78 Å². The Kier molecular flexibility index (Phi) is 5.22. The SMILES string of the molecule is CCOc1ccc2ccccc2c1C(=O)Nc1c2c(nn1-c1ccc(F)cc1)CS(=O)C2. The second kappa shape index (κ2) is 8.20. The first-order chi connectivity index (χ1) is 15.5. The molecule has 1 amide bonds. The third kappa shape index (κ3) is 3.56. The molecule has 3 aromatic carbocycles. The first kappa shape index (κ1) is 20.4. The van der Waals surface area contributed by atoms with Crippen LogP contribution in [0.4, 0.5) is 10.2 Å². The Morgan fingerprint density at radius 1 is 1.12 bits per heavy atom. The van der Waals surface area contributed by atoms with E-state index in [2.05, 4.69) is 10.4 Å². The van der Waals surface area contributed by atoms with Crippen molar-refractivity contribution in [3.8, 4) is 11.4 Å². The van der Waals surface area contributed by atoms with Crippen LogP contribution in [0.3, 0.4) is 0 Å². The summed E-state index contributed by atoms with van der Waals surface area (Å²) in [6.45, 7) is 2.28. The van der Waals surface area contributed by atoms with Gasteiger partial charge in [0.25, 0.3) is 5.91 Å². The number of aromatic nitrogens is 2. The first-order valence-corrected chi connectivity index (χ1v) is 11.7. The predicted octanol–water partition coefficient (Wildman–Crippen LogP) is 4.58. The van der Waals surface area contributed by atoms with E-state index in [4.69, 9.17) is 4.74 Å². The number of fused-ring (bicyclic) bond motifs is 2. The van der Waals surface area contributed by atoms with Gasteiger partial charge in [-0.25, -0.2) is 9.07 Å². The van der Waals surface area contributed by atoms with Crippen LogP contribution in [-0.4, -0.2) is 26.5 Å². The zero-order chi connectivity index (χ0) is 22.2. The lowest BCUT2D eigenvalue weighted by Crippen LogP contribution is -2.18. The van der Waals surface area contributed by atoms with Crippen molar-refractivity contribution in [3.63, 3.8) is 0 Å². The summed E-state index contributed by atoms with van der Waals surface area (Å²) in [4.78, 5) is 13.6. The number of ether oxygens (including phenoxy) is 1. The topological polar surface area (TPSA) is 73.2 Å². The van der Waals surface area contributed by atoms with Gasteiger partial charge in [-0.3, -0.25) is 9.00 Å². The standard InChI is InChI=1S/C24H20FN3O3S/c1-2-31-21-12-7-15-5-3-4-6-18(15)22(21)24(29)26-23-19-13-32(30)14-20(19)27-28(23)17-10-8-16(25)9-11-17/h3-12H,2,13-14H2,1H3,(H,26,29). The molecular weight excluding hydrogens is 429 g/mol. The molecule has 1 unspecified atom stereocenters. The second-order valence-corrected chi connectivity index (χ2v) is 8.89. The van der Waals surface area contributed by atoms with Gasteiger partial charge in [-0.2, -0.15) is 5.10 Å². The Bertz CT molecular complexity index is 1370. The maximum atomic E-state index is 13.6. The monoisotopic (exact) mass is 449 g/mol. The van der Waals surface area contributed by atoms with E-state index in [-0.39, 0.29) is 11.7 Å². The Hall–Kier alpha value is -3.52. The van der Waals surface area contributed by atoms with Gasteiger partial charge in [0.05, 0.1) is 35.1 Å². The van der Waals surface area contributed by atoms with Gasteiger partial charge in [0.15, 0.2) is 0 Å². The summed E-state index contributed by atoms with van der Waals surface area (Å²) < 4.78 is 32.9. The first-order valence-electron chi connectivity index (χ1n) is 10.2. The molecule has 0 fully saturated rings. The normalized spacial score (nSPS) is 15.0. The summed E-state index contributed by atoms with van der Waals surface area (Å²) in [5.74, 6) is 0.839. The summed E-state index contributed by atoms with van der Waals surface area (Å²) in [5, 5.41) is 9.23. The minimum atomic E-state index is -1.07. The van der Waals surface area contributed by atoms with Gasteiger partial charge in [-0.15, -0.1) is 0 Å². The molecule has 8 heteroatoms. The lowest BCUT2D eigenvalue weighted by Gasteiger charge is -2.15. The molecule has 5 rings (SSSR count). The van der Waals surface area contributed by atoms with Gasteiger partial charge < -0.3 is 10.1 Å². The second-order valence-electron chi connectivity index (χ2n) is 7.44. The molecule has 0 spiro atoms. The van der Waals surface area contributed by atoms with Crippen LogP contribution >= 0.6 is 0 Å². The molecule has 0 saturated carbocycles. The highest BCUT2D eigenvalue weighted by atomic mass is 32.2. The Morgan fingerprint density at radius 3 is 2.69 bits per heavy atom. The minimum absolute atomic E-state index is 0.306. The zero-order valence-electron chi connectivity index (χ0n) is 17.3. The fraction of sp³-hybridized carbons (Fsp3) is 0.167. The molecule has 2 heterocycles. The van der Waals surface area contributed by atoms with Crippen LogP contribution in [0.2, 0.25) is 0 Å². The number of nitrogens with one attached hydrogen (secondary N) is 1. The third-order valence-electron chi connectivity index (χ3n) is 5.39. The van der Waals surface area contributed by atoms with Crippen LogP contribution in [-0.2, 0) is 22.3 Å². The number of hydrogen-bond donors (Lipinski definition) is 1. The van der Waals surface area contributed by atoms with Crippen LogP contribution < -0.4 is 10.1 Å². The maximum Gasteiger partial charge on any atom is 0.261 e. The fourth-order valence-electron chi connectivity index (χ4n) is 3.96. The summed E-state index contributed by atoms with van der Waals surface area (Å²) in [6, 6.07) is 17.2. The molecule has 1 atom stereocenters. The Balaban J connectivity index is 1.62. The van der Waals surface area contributed by atoms with Crippen molar-refractivity contribution >= 4 is 33.3 Å². The van der Waals surface area contributed by atoms with E-state index in [1.165, 1.54) is 12.1 Å². The van der Waals surface area contributed by atoms with Gasteiger partial charge in [-0.1, -0.05) is 30.3 Å². The van der Waals surface area contributed by atoms with Crippen molar-refractivity contribution in [2.45, 2.75) is 18.4 Å². The molecule has 0 aliphatic carbocycles. The highest BCUT2D eigenvalue weighted by molar-refractivity contribution is 7.83. The molecule has 6 nitrogen and oxygen atoms in total. The van der Waals surface area contributed by atoms with E-state index < -0.39 is 10.8 Å². The summed E-state index contributed by atoms with van der Waals surface area (Å²) in [7, 11) is -1.07. The summed E-state index contributed by atoms with van der Waals surface area (Å²) >= 11 is 0. The number of hydrogen-bond acceptors (Lipinski definition) is 4. The Labute approximate surface area is 186 Å². The van der Waals surface area contributed by atoms with Crippen molar-refractivity contribution in [1.29, 1.82) is 0 Å². The summed E-state index contributed by atoms with van der Waals surface area (Å²) in [6.07, 6.45) is 0. The molecule has 0 radical (unpaired) electrons. The highest BCUT2D eigenvalue weighted by Crippen LogP contribution is 2.34. The van der Waals surface area contributed by atoms with E-state index in [0.29, 0.717) is 46.6 Å². The highest BCUT2D eigenvalue weighted by Gasteiger charge is 2.29. The van der Waals surface area contributed by atoms with E-state index in [9.17, 15) is 13.4 Å². The number of amides is 1. The molecule has 1 aliphatic heterocycles. The smallest absolute Gasteiger partial charge is 0.261 e. The Morgan fingerprint density at radius 2 is 1.91 bits per heavy atom. The van der Waals surface area contributed by atoms with Crippen molar-refractivity contribution in [2.75, 3.05) is 11.9 Å². The van der Waals surface area contributed by atoms with E-state index in [0.717, 1.165) is 16.3 Å². The van der Waals surface area contributed by atoms with Crippen LogP contribution in [0.5, 0.6) is 5.75 Å². The lowest BCUT2D eigenvalue weighted by molar-refractivity contribution is 0.102. The maximum absolute atomic E-state index is 13.6. The number of benzene rings is 3. The molecule has 4 aromatic rings. The molecule has 0 saturated heterocycles. The average Bonchev–Trinajstić information content (AvgIpc) is 3.31. The molecule has 1 aliphatic rings. The van der Waals surface area contributed by atoms with E-state index >= 15 is 0 Å². The van der Waals surface area contributed by atoms with Crippen LogP contribution in [0.15, 0.2) is 60.7 Å². The fourth-order valence-corrected chi connectivity index (χ4v) is 5.22. The van der Waals surface area contributed by atoms with Gasteiger partial charge in [-0.05, 0) is 48.0 Å². The largest absolute Gasteiger partial charge is 0.493 e. The average molecular weight is 450 g/mol. The third-order valence-corrected chi connectivity index (χ3v) is 6.60. The van der Waals surface area contributed by atoms with Gasteiger partial charge in [0.1, 0.15) is 17.4 Å². The quantitative estimate of drug-likeness (QED) is 0.484. The molecule has 0 bridgehead atoms. The number of anilines is 1. The minimum Gasteiger partial charge on any atom is -0.493 e. The van der Waals surface area contributed by atoms with Gasteiger partial charge in [0.2, 0.25) is 0 Å². The molecule has 32 heavy (non-hydrogen) atoms. The van der Waals surface area contributed by atoms with Crippen molar-refractivity contribution < 1.29 is 18.1 Å². The van der Waals surface area contributed by atoms with Crippen LogP contribution in [0.25, 0.3) is 16.5 Å². The zero-order valence-corrected chi connectivity index (χ0v) is 18.1. The van der Waals surface area contributed by atoms with Gasteiger partial charge >= 0.3 is 0 Å². The molecule has 1 aromatic heterocycles. The predicted molar refractivity (Wildman–Crippen MR) is 122 cm³/mol. The molecular formula is C24H20FN3O3S. The molecule has 162 valence electrons. The summed E-state index contributed by atoms with van der Waals surface area (Å²) in [5.41, 5.74) is 2.43. The number of rotatable bonds is 5. The van der Waals surface area contributed by atoms with Crippen molar-refractivity contribution in [3.05, 3.63) is 83.3 Å². The number of halogens is 1. The lowest BCUT2D eigenvalue weighted by atomic mass is 10.0. The number of carbonyl (C=O) groups excluding carboxylic acids is 1. The van der Waals surface area contributed by atoms with E-state index in [1.54, 1.807) is 22.9 Å². The number of nitrogens with zero attached hydrogens (tertiary/aromatic N) is 2. The van der Waals surface area contributed by atoms with E-state index in [1.807, 2.05) is 37.3 Å². The number of carbonyl (C=O) groups is 1. The molecule has 1 N–H and O–H groups in total. The van der Waals surface area contributed by atoms with Crippen molar-refractivity contribution in [2.24, 2.45) is 0 Å². The van der Waals surface area contributed by atoms with Crippen LogP contribution in [0, 0.1) is 5.82 Å². The van der Waals surface area contributed by atoms with Crippen LogP contribution in [0.1, 0.15) is 28.5 Å².